The minimum atomic E-state index is -0.136. The van der Waals surface area contributed by atoms with Crippen LogP contribution >= 0.6 is 0 Å². The number of aryl methyl sites for hydroxylation is 2. The van der Waals surface area contributed by atoms with Crippen molar-refractivity contribution in [2.75, 3.05) is 16.8 Å². The molecule has 3 rings (SSSR count). The molecular weight excluding hydrogens is 278 g/mol. The van der Waals surface area contributed by atoms with E-state index in [1.54, 1.807) is 12.3 Å². The zero-order chi connectivity index (χ0) is 15.7. The van der Waals surface area contributed by atoms with Crippen LogP contribution in [0, 0.1) is 13.8 Å². The predicted octanol–water partition coefficient (Wildman–Crippen LogP) is 3.01. The number of carbonyl (C=O) groups excluding carboxylic acids is 2. The number of benzene rings is 1. The molecule has 1 fully saturated rings. The third-order valence-electron chi connectivity index (χ3n) is 4.02. The van der Waals surface area contributed by atoms with Crippen molar-refractivity contribution in [1.82, 2.24) is 4.98 Å². The zero-order valence-electron chi connectivity index (χ0n) is 12.8. The van der Waals surface area contributed by atoms with E-state index in [1.807, 2.05) is 36.9 Å². The highest BCUT2D eigenvalue weighted by Gasteiger charge is 2.23. The highest BCUT2D eigenvalue weighted by molar-refractivity contribution is 6.05. The predicted molar refractivity (Wildman–Crippen MR) is 86.2 cm³/mol. The molecule has 114 valence electrons. The van der Waals surface area contributed by atoms with Crippen LogP contribution in [0.4, 0.5) is 11.4 Å². The van der Waals surface area contributed by atoms with Crippen LogP contribution in [0.3, 0.4) is 0 Å². The van der Waals surface area contributed by atoms with Crippen molar-refractivity contribution in [1.29, 1.82) is 0 Å². The number of hydrogen-bond donors (Lipinski definition) is 2. The van der Waals surface area contributed by atoms with Crippen molar-refractivity contribution in [3.05, 3.63) is 47.3 Å². The molecule has 5 nitrogen and oxygen atoms in total. The van der Waals surface area contributed by atoms with Crippen LogP contribution in [-0.2, 0) is 4.79 Å². The van der Waals surface area contributed by atoms with Gasteiger partial charge in [0.05, 0.1) is 5.56 Å². The van der Waals surface area contributed by atoms with Crippen molar-refractivity contribution < 1.29 is 9.59 Å². The van der Waals surface area contributed by atoms with Gasteiger partial charge in [0.25, 0.3) is 5.91 Å². The van der Waals surface area contributed by atoms with Crippen molar-refractivity contribution in [2.24, 2.45) is 0 Å². The smallest absolute Gasteiger partial charge is 0.257 e. The molecular formula is C17H19N3O2. The van der Waals surface area contributed by atoms with Gasteiger partial charge in [-0.25, -0.2) is 0 Å². The number of anilines is 2. The van der Waals surface area contributed by atoms with Crippen LogP contribution < -0.4 is 10.2 Å². The summed E-state index contributed by atoms with van der Waals surface area (Å²) in [4.78, 5) is 28.8. The number of rotatable bonds is 3. The molecule has 0 saturated carbocycles. The molecule has 2 aromatic rings. The highest BCUT2D eigenvalue weighted by Crippen LogP contribution is 2.27. The lowest BCUT2D eigenvalue weighted by molar-refractivity contribution is -0.117. The first-order valence-corrected chi connectivity index (χ1v) is 7.42. The largest absolute Gasteiger partial charge is 0.365 e. The van der Waals surface area contributed by atoms with Gasteiger partial charge in [0.15, 0.2) is 0 Å². The van der Waals surface area contributed by atoms with Gasteiger partial charge < -0.3 is 15.2 Å². The normalized spacial score (nSPS) is 14.5. The summed E-state index contributed by atoms with van der Waals surface area (Å²) in [7, 11) is 0. The lowest BCUT2D eigenvalue weighted by Crippen LogP contribution is -2.24. The van der Waals surface area contributed by atoms with E-state index in [0.29, 0.717) is 12.0 Å². The summed E-state index contributed by atoms with van der Waals surface area (Å²) in [6.07, 6.45) is 3.27. The molecule has 1 aromatic heterocycles. The lowest BCUT2D eigenvalue weighted by Gasteiger charge is -2.19. The van der Waals surface area contributed by atoms with Crippen LogP contribution in [0.25, 0.3) is 0 Å². The van der Waals surface area contributed by atoms with Crippen molar-refractivity contribution in [3.8, 4) is 0 Å². The summed E-state index contributed by atoms with van der Waals surface area (Å²) in [6, 6.07) is 7.40. The van der Waals surface area contributed by atoms with Gasteiger partial charge in [-0.2, -0.15) is 0 Å². The van der Waals surface area contributed by atoms with Crippen molar-refractivity contribution in [3.63, 3.8) is 0 Å². The number of hydrogen-bond acceptors (Lipinski definition) is 2. The number of carbonyl (C=O) groups is 2. The Bertz CT molecular complexity index is 733. The monoisotopic (exact) mass is 297 g/mol. The Morgan fingerprint density at radius 3 is 2.68 bits per heavy atom. The number of H-pyrrole nitrogens is 1. The van der Waals surface area contributed by atoms with E-state index in [9.17, 15) is 9.59 Å². The summed E-state index contributed by atoms with van der Waals surface area (Å²) in [5, 5.41) is 2.89. The quantitative estimate of drug-likeness (QED) is 0.914. The Morgan fingerprint density at radius 1 is 1.27 bits per heavy atom. The first kappa shape index (κ1) is 14.4. The number of aromatic nitrogens is 1. The molecule has 2 heterocycles. The molecule has 1 aliphatic rings. The van der Waals surface area contributed by atoms with E-state index in [4.69, 9.17) is 0 Å². The second kappa shape index (κ2) is 5.67. The minimum Gasteiger partial charge on any atom is -0.365 e. The Hall–Kier alpha value is -2.56. The Labute approximate surface area is 129 Å². The molecule has 1 aliphatic heterocycles. The van der Waals surface area contributed by atoms with E-state index < -0.39 is 0 Å². The summed E-state index contributed by atoms with van der Waals surface area (Å²) in [6.45, 7) is 4.59. The maximum absolute atomic E-state index is 12.2. The van der Waals surface area contributed by atoms with Crippen LogP contribution in [0.5, 0.6) is 0 Å². The van der Waals surface area contributed by atoms with Crippen LogP contribution in [0.2, 0.25) is 0 Å². The highest BCUT2D eigenvalue weighted by atomic mass is 16.2. The molecule has 2 amide bonds. The zero-order valence-corrected chi connectivity index (χ0v) is 12.8. The van der Waals surface area contributed by atoms with E-state index in [-0.39, 0.29) is 11.8 Å². The topological polar surface area (TPSA) is 65.2 Å². The fraction of sp³-hybridized carbons (Fsp3) is 0.294. The second-order valence-electron chi connectivity index (χ2n) is 5.62. The number of nitrogens with zero attached hydrogens (tertiary/aromatic N) is 1. The second-order valence-corrected chi connectivity index (χ2v) is 5.62. The lowest BCUT2D eigenvalue weighted by atomic mass is 10.1. The summed E-state index contributed by atoms with van der Waals surface area (Å²) >= 11 is 0. The molecule has 5 heteroatoms. The van der Waals surface area contributed by atoms with Crippen molar-refractivity contribution >= 4 is 23.2 Å². The van der Waals surface area contributed by atoms with Gasteiger partial charge in [0, 0.05) is 36.2 Å². The first-order chi connectivity index (χ1) is 10.6. The number of nitrogens with one attached hydrogen (secondary N) is 2. The van der Waals surface area contributed by atoms with Gasteiger partial charge in [-0.1, -0.05) is 0 Å². The molecule has 22 heavy (non-hydrogen) atoms. The van der Waals surface area contributed by atoms with Gasteiger partial charge in [0.1, 0.15) is 0 Å². The average Bonchev–Trinajstić information content (AvgIpc) is 3.08. The fourth-order valence-corrected chi connectivity index (χ4v) is 2.84. The molecule has 0 aliphatic carbocycles. The number of amides is 2. The van der Waals surface area contributed by atoms with E-state index >= 15 is 0 Å². The molecule has 0 unspecified atom stereocenters. The Morgan fingerprint density at radius 2 is 2.09 bits per heavy atom. The van der Waals surface area contributed by atoms with Gasteiger partial charge >= 0.3 is 0 Å². The van der Waals surface area contributed by atoms with Crippen LogP contribution in [-0.4, -0.2) is 23.3 Å². The molecule has 1 saturated heterocycles. The average molecular weight is 297 g/mol. The minimum absolute atomic E-state index is 0.136. The van der Waals surface area contributed by atoms with Crippen LogP contribution in [0.1, 0.15) is 34.5 Å². The fourth-order valence-electron chi connectivity index (χ4n) is 2.84. The Kier molecular flexibility index (Phi) is 3.71. The van der Waals surface area contributed by atoms with Crippen molar-refractivity contribution in [2.45, 2.75) is 26.7 Å². The molecule has 0 spiro atoms. The van der Waals surface area contributed by atoms with Gasteiger partial charge in [-0.3, -0.25) is 9.59 Å². The van der Waals surface area contributed by atoms with Gasteiger partial charge in [-0.15, -0.1) is 0 Å². The van der Waals surface area contributed by atoms with Crippen LogP contribution in [0.15, 0.2) is 30.5 Å². The molecule has 1 aromatic carbocycles. The summed E-state index contributed by atoms with van der Waals surface area (Å²) in [5.41, 5.74) is 4.13. The Balaban J connectivity index is 1.79. The molecule has 0 radical (unpaired) electrons. The summed E-state index contributed by atoms with van der Waals surface area (Å²) < 4.78 is 0. The first-order valence-electron chi connectivity index (χ1n) is 7.42. The molecule has 0 bridgehead atoms. The SMILES string of the molecule is Cc1cc(NC(=O)c2cc[nH]c2C)ccc1N1CCCC1=O. The van der Waals surface area contributed by atoms with Gasteiger partial charge in [0.2, 0.25) is 5.91 Å². The molecule has 0 atom stereocenters. The maximum atomic E-state index is 12.2. The van der Waals surface area contributed by atoms with E-state index in [2.05, 4.69) is 10.3 Å². The third-order valence-corrected chi connectivity index (χ3v) is 4.02. The van der Waals surface area contributed by atoms with E-state index in [1.165, 1.54) is 0 Å². The maximum Gasteiger partial charge on any atom is 0.257 e. The molecule has 2 N–H and O–H groups in total. The number of aromatic amines is 1. The third kappa shape index (κ3) is 2.62. The van der Waals surface area contributed by atoms with Gasteiger partial charge in [-0.05, 0) is 50.1 Å². The summed E-state index contributed by atoms with van der Waals surface area (Å²) in [5.74, 6) is 0.0333. The standard InChI is InChI=1S/C17H19N3O2/c1-11-10-13(19-17(22)14-7-8-18-12(14)2)5-6-15(11)20-9-3-4-16(20)21/h5-8,10,18H,3-4,9H2,1-2H3,(H,19,22). The van der Waals surface area contributed by atoms with E-state index in [0.717, 1.165) is 35.6 Å².